The van der Waals surface area contributed by atoms with Crippen molar-refractivity contribution < 1.29 is 22.4 Å². The molecule has 0 spiro atoms. The van der Waals surface area contributed by atoms with Crippen molar-refractivity contribution >= 4 is 39.5 Å². The summed E-state index contributed by atoms with van der Waals surface area (Å²) >= 11 is 0.974. The van der Waals surface area contributed by atoms with Gasteiger partial charge in [-0.15, -0.1) is 0 Å². The summed E-state index contributed by atoms with van der Waals surface area (Å²) in [5, 5.41) is 0.661. The second-order valence-corrected chi connectivity index (χ2v) is 6.75. The van der Waals surface area contributed by atoms with Gasteiger partial charge in [0.05, 0.1) is 17.0 Å². The van der Waals surface area contributed by atoms with Crippen molar-refractivity contribution in [1.29, 1.82) is 0 Å². The fraction of sp³-hybridized carbons (Fsp3) is 0.105. The topological polar surface area (TPSA) is 56.0 Å². The molecular formula is C19H11F3N2O2S. The van der Waals surface area contributed by atoms with Gasteiger partial charge in [-0.2, -0.15) is 0 Å². The number of Topliss-reactive ketones (excluding diaryl/α,β-unsaturated/α-hetero) is 1. The number of nitrogens with zero attached hydrogens (tertiary/aromatic N) is 2. The normalized spacial score (nSPS) is 11.4. The Morgan fingerprint density at radius 3 is 2.67 bits per heavy atom. The van der Waals surface area contributed by atoms with E-state index in [-0.39, 0.29) is 22.1 Å². The van der Waals surface area contributed by atoms with Gasteiger partial charge in [-0.25, -0.2) is 23.1 Å². The molecule has 2 aromatic carbocycles. The van der Waals surface area contributed by atoms with Gasteiger partial charge in [0.1, 0.15) is 28.5 Å². The van der Waals surface area contributed by atoms with Crippen LogP contribution in [0.3, 0.4) is 0 Å². The first-order valence-corrected chi connectivity index (χ1v) is 8.89. The lowest BCUT2D eigenvalue weighted by molar-refractivity contribution is 0.101. The molecule has 0 amide bonds. The Labute approximate surface area is 155 Å². The largest absolute Gasteiger partial charge is 0.431 e. The maximum Gasteiger partial charge on any atom is 0.257 e. The van der Waals surface area contributed by atoms with Gasteiger partial charge in [-0.05, 0) is 31.2 Å². The van der Waals surface area contributed by atoms with Crippen LogP contribution in [0.4, 0.5) is 13.2 Å². The molecule has 4 rings (SSSR count). The van der Waals surface area contributed by atoms with E-state index in [4.69, 9.17) is 4.42 Å². The zero-order chi connectivity index (χ0) is 19.1. The third-order valence-electron chi connectivity index (χ3n) is 4.02. The van der Waals surface area contributed by atoms with Gasteiger partial charge in [-0.1, -0.05) is 17.8 Å². The molecule has 0 aliphatic heterocycles. The molecule has 0 unspecified atom stereocenters. The quantitative estimate of drug-likeness (QED) is 0.361. The smallest absolute Gasteiger partial charge is 0.257 e. The van der Waals surface area contributed by atoms with Crippen molar-refractivity contribution in [2.24, 2.45) is 0 Å². The highest BCUT2D eigenvalue weighted by molar-refractivity contribution is 7.99. The number of aromatic nitrogens is 2. The number of ketones is 1. The Kier molecular flexibility index (Phi) is 4.35. The molecule has 0 aliphatic carbocycles. The average Bonchev–Trinajstić information content (AvgIpc) is 3.06. The molecule has 0 aliphatic rings. The highest BCUT2D eigenvalue weighted by atomic mass is 32.2. The molecule has 2 aromatic heterocycles. The van der Waals surface area contributed by atoms with E-state index in [2.05, 4.69) is 9.97 Å². The SMILES string of the molecule is Cc1nc2c(F)cccc2c2oc(SCC(=O)c3ccc(F)cc3F)nc12. The number of halogens is 3. The lowest BCUT2D eigenvalue weighted by Gasteiger charge is -2.01. The first-order valence-electron chi connectivity index (χ1n) is 7.90. The van der Waals surface area contributed by atoms with Gasteiger partial charge in [0.2, 0.25) is 0 Å². The molecule has 136 valence electrons. The number of hydrogen-bond donors (Lipinski definition) is 0. The number of para-hydroxylation sites is 1. The van der Waals surface area contributed by atoms with Crippen molar-refractivity contribution in [3.05, 3.63) is 65.1 Å². The van der Waals surface area contributed by atoms with Crippen LogP contribution in [0.2, 0.25) is 0 Å². The van der Waals surface area contributed by atoms with E-state index in [1.165, 1.54) is 6.07 Å². The second-order valence-electron chi connectivity index (χ2n) is 5.83. The standard InChI is InChI=1S/C19H11F3N2O2S/c1-9-16-18(12-3-2-4-13(21)17(12)23-9)26-19(24-16)27-8-15(25)11-6-5-10(20)7-14(11)22/h2-7H,8H2,1H3. The number of fused-ring (bicyclic) bond motifs is 3. The van der Waals surface area contributed by atoms with E-state index < -0.39 is 23.2 Å². The van der Waals surface area contributed by atoms with Crippen molar-refractivity contribution in [2.75, 3.05) is 5.75 Å². The van der Waals surface area contributed by atoms with E-state index >= 15 is 0 Å². The van der Waals surface area contributed by atoms with Crippen LogP contribution in [0.5, 0.6) is 0 Å². The van der Waals surface area contributed by atoms with Crippen LogP contribution in [0.1, 0.15) is 16.1 Å². The van der Waals surface area contributed by atoms with Crippen LogP contribution in [-0.2, 0) is 0 Å². The zero-order valence-corrected chi connectivity index (χ0v) is 14.7. The van der Waals surface area contributed by atoms with Crippen molar-refractivity contribution in [2.45, 2.75) is 12.1 Å². The van der Waals surface area contributed by atoms with Crippen LogP contribution in [-0.4, -0.2) is 21.5 Å². The molecule has 8 heteroatoms. The molecule has 0 saturated carbocycles. The van der Waals surface area contributed by atoms with Crippen molar-refractivity contribution in [1.82, 2.24) is 9.97 Å². The number of oxazole rings is 1. The fourth-order valence-electron chi connectivity index (χ4n) is 2.74. The lowest BCUT2D eigenvalue weighted by atomic mass is 10.1. The van der Waals surface area contributed by atoms with Gasteiger partial charge in [-0.3, -0.25) is 4.79 Å². The number of carbonyl (C=O) groups is 1. The number of rotatable bonds is 4. The Morgan fingerprint density at radius 2 is 1.89 bits per heavy atom. The van der Waals surface area contributed by atoms with Gasteiger partial charge < -0.3 is 4.42 Å². The Balaban J connectivity index is 1.65. The van der Waals surface area contributed by atoms with Crippen LogP contribution in [0.25, 0.3) is 22.0 Å². The summed E-state index contributed by atoms with van der Waals surface area (Å²) < 4.78 is 46.3. The number of aryl methyl sites for hydroxylation is 1. The molecule has 0 radical (unpaired) electrons. The van der Waals surface area contributed by atoms with Crippen molar-refractivity contribution in [3.63, 3.8) is 0 Å². The number of pyridine rings is 1. The average molecular weight is 388 g/mol. The Bertz CT molecular complexity index is 1210. The molecule has 0 atom stereocenters. The minimum absolute atomic E-state index is 0.145. The van der Waals surface area contributed by atoms with Gasteiger partial charge in [0, 0.05) is 11.5 Å². The molecule has 4 nitrogen and oxygen atoms in total. The van der Waals surface area contributed by atoms with Crippen LogP contribution in [0, 0.1) is 24.4 Å². The lowest BCUT2D eigenvalue weighted by Crippen LogP contribution is -2.05. The Hall–Kier alpha value is -2.87. The van der Waals surface area contributed by atoms with E-state index in [1.807, 2.05) is 0 Å². The summed E-state index contributed by atoms with van der Waals surface area (Å²) in [5.74, 6) is -2.80. The first kappa shape index (κ1) is 17.5. The highest BCUT2D eigenvalue weighted by Crippen LogP contribution is 2.31. The monoisotopic (exact) mass is 388 g/mol. The first-order chi connectivity index (χ1) is 12.9. The summed E-state index contributed by atoms with van der Waals surface area (Å²) in [6, 6.07) is 7.31. The van der Waals surface area contributed by atoms with Crippen LogP contribution >= 0.6 is 11.8 Å². The molecule has 2 heterocycles. The zero-order valence-electron chi connectivity index (χ0n) is 13.9. The summed E-state index contributed by atoms with van der Waals surface area (Å²) in [7, 11) is 0. The van der Waals surface area contributed by atoms with Crippen LogP contribution in [0.15, 0.2) is 46.0 Å². The maximum atomic E-state index is 14.0. The molecule has 27 heavy (non-hydrogen) atoms. The Morgan fingerprint density at radius 1 is 1.07 bits per heavy atom. The third-order valence-corrected chi connectivity index (χ3v) is 4.85. The van der Waals surface area contributed by atoms with Crippen LogP contribution < -0.4 is 0 Å². The van der Waals surface area contributed by atoms with Gasteiger partial charge in [0.25, 0.3) is 5.22 Å². The highest BCUT2D eigenvalue weighted by Gasteiger charge is 2.18. The number of carbonyl (C=O) groups excluding carboxylic acids is 1. The van der Waals surface area contributed by atoms with E-state index in [1.54, 1.807) is 19.1 Å². The minimum atomic E-state index is -0.917. The predicted octanol–water partition coefficient (Wildman–Crippen LogP) is 5.08. The second kappa shape index (κ2) is 6.70. The predicted molar refractivity (Wildman–Crippen MR) is 95.4 cm³/mol. The van der Waals surface area contributed by atoms with E-state index in [0.717, 1.165) is 23.9 Å². The number of thioether (sulfide) groups is 1. The molecular weight excluding hydrogens is 377 g/mol. The summed E-state index contributed by atoms with van der Waals surface area (Å²) in [6.07, 6.45) is 0. The van der Waals surface area contributed by atoms with Crippen molar-refractivity contribution in [3.8, 4) is 0 Å². The van der Waals surface area contributed by atoms with E-state index in [9.17, 15) is 18.0 Å². The molecule has 0 fully saturated rings. The third kappa shape index (κ3) is 3.16. The molecule has 0 saturated heterocycles. The number of hydrogen-bond acceptors (Lipinski definition) is 5. The fourth-order valence-corrected chi connectivity index (χ4v) is 3.45. The minimum Gasteiger partial charge on any atom is -0.431 e. The molecule has 4 aromatic rings. The molecule has 0 bridgehead atoms. The van der Waals surface area contributed by atoms with Gasteiger partial charge >= 0.3 is 0 Å². The number of benzene rings is 2. The summed E-state index contributed by atoms with van der Waals surface area (Å²) in [6.45, 7) is 1.68. The molecule has 0 N–H and O–H groups in total. The maximum absolute atomic E-state index is 14.0. The summed E-state index contributed by atoms with van der Waals surface area (Å²) in [4.78, 5) is 20.7. The van der Waals surface area contributed by atoms with E-state index in [0.29, 0.717) is 28.2 Å². The summed E-state index contributed by atoms with van der Waals surface area (Å²) in [5.41, 5.74) is 1.31. The van der Waals surface area contributed by atoms with Gasteiger partial charge in [0.15, 0.2) is 11.4 Å².